The number of benzene rings is 11. The second-order valence-electron chi connectivity index (χ2n) is 26.1. The van der Waals surface area contributed by atoms with Crippen LogP contribution >= 0.6 is 0 Å². The molecule has 4 aliphatic heterocycles. The first-order chi connectivity index (χ1) is 44.0. The molecule has 13 aromatic rings. The fraction of sp³-hybridized carbons (Fsp3) is 0.136. The van der Waals surface area contributed by atoms with Gasteiger partial charge >= 0.3 is 0 Å². The van der Waals surface area contributed by atoms with E-state index in [4.69, 9.17) is 27.8 Å². The number of para-hydroxylation sites is 2. The van der Waals surface area contributed by atoms with E-state index < -0.39 is 0 Å². The van der Waals surface area contributed by atoms with Crippen LogP contribution in [0.5, 0.6) is 23.0 Å². The average Bonchev–Trinajstić information content (AvgIpc) is 0.975. The molecule has 19 rings (SSSR count). The van der Waals surface area contributed by atoms with Crippen LogP contribution in [-0.4, -0.2) is 33.1 Å². The van der Waals surface area contributed by atoms with Crippen LogP contribution in [0.15, 0.2) is 227 Å². The van der Waals surface area contributed by atoms with Crippen LogP contribution in [0.25, 0.3) is 89.1 Å². The topological polar surface area (TPSA) is 69.7 Å². The van der Waals surface area contributed by atoms with Gasteiger partial charge in [-0.3, -0.25) is 0 Å². The fourth-order valence-corrected chi connectivity index (χ4v) is 16.0. The molecule has 6 aliphatic rings. The van der Waals surface area contributed by atoms with E-state index in [2.05, 4.69) is 239 Å². The van der Waals surface area contributed by atoms with Gasteiger partial charge in [0.2, 0.25) is 0 Å². The Balaban J connectivity index is 0.873. The highest BCUT2D eigenvalue weighted by Crippen LogP contribution is 2.57. The maximum absolute atomic E-state index is 6.94. The molecule has 0 unspecified atom stereocenters. The van der Waals surface area contributed by atoms with E-state index in [-0.39, 0.29) is 17.5 Å². The molecule has 0 atom stereocenters. The molecule has 0 fully saturated rings. The van der Waals surface area contributed by atoms with Gasteiger partial charge in [-0.25, -0.2) is 0 Å². The van der Waals surface area contributed by atoms with Crippen LogP contribution in [0.1, 0.15) is 55.5 Å². The fourth-order valence-electron chi connectivity index (χ4n) is 16.0. The number of hydrogen-bond acceptors (Lipinski definition) is 8. The van der Waals surface area contributed by atoms with Gasteiger partial charge < -0.3 is 37.6 Å². The third kappa shape index (κ3) is 7.37. The van der Waals surface area contributed by atoms with Crippen molar-refractivity contribution in [1.29, 1.82) is 0 Å². The van der Waals surface area contributed by atoms with Crippen molar-refractivity contribution in [3.63, 3.8) is 0 Å². The molecule has 0 saturated heterocycles. The molecule has 9 heteroatoms. The minimum absolute atomic E-state index is 0.200. The normalized spacial score (nSPS) is 15.5. The Morgan fingerprint density at radius 3 is 1.27 bits per heavy atom. The summed E-state index contributed by atoms with van der Waals surface area (Å²) in [5, 5.41) is 2.09. The van der Waals surface area contributed by atoms with E-state index >= 15 is 0 Å². The molecule has 2 aromatic heterocycles. The minimum atomic E-state index is -0.281. The van der Waals surface area contributed by atoms with Crippen LogP contribution < -0.4 is 45.1 Å². The van der Waals surface area contributed by atoms with Crippen LogP contribution in [0, 0.1) is 6.92 Å². The van der Waals surface area contributed by atoms with Crippen molar-refractivity contribution < 1.29 is 27.8 Å². The molecule has 0 spiro atoms. The van der Waals surface area contributed by atoms with Crippen LogP contribution in [-0.2, 0) is 10.8 Å². The summed E-state index contributed by atoms with van der Waals surface area (Å²) in [6, 6.07) is 80.1. The summed E-state index contributed by atoms with van der Waals surface area (Å²) >= 11 is 0. The first-order valence-corrected chi connectivity index (χ1v) is 31.4. The number of anilines is 6. The van der Waals surface area contributed by atoms with Gasteiger partial charge in [0.05, 0.1) is 11.4 Å². The average molecular weight is 1170 g/mol. The number of furan rings is 2. The molecule has 2 aliphatic carbocycles. The van der Waals surface area contributed by atoms with E-state index in [1.807, 2.05) is 24.3 Å². The SMILES string of the molecule is Cc1cc2c3c(c1)N(c1cc(-c4ccc5c(c4)C(C)(C)c4ccccc4-5)cc(-c4cc5ccccc5o4)c1)c1c(ccc4c1OCCO4)B3c1ccc3c(c1N2c1cc(-c2ccc4c(c2)C(C)(C)c2ccccc2-4)cc(-c2cc4ccccc4o2)c1)OCCO3. The first-order valence-electron chi connectivity index (χ1n) is 31.4. The van der Waals surface area contributed by atoms with Crippen LogP contribution in [0.3, 0.4) is 0 Å². The second kappa shape index (κ2) is 18.7. The number of aryl methyl sites for hydroxylation is 1. The number of rotatable bonds is 6. The summed E-state index contributed by atoms with van der Waals surface area (Å²) in [4.78, 5) is 4.91. The minimum Gasteiger partial charge on any atom is -0.486 e. The van der Waals surface area contributed by atoms with E-state index in [1.54, 1.807) is 0 Å². The summed E-state index contributed by atoms with van der Waals surface area (Å²) in [7, 11) is 0. The molecule has 0 radical (unpaired) electrons. The zero-order valence-corrected chi connectivity index (χ0v) is 50.5. The molecule has 8 nitrogen and oxygen atoms in total. The van der Waals surface area contributed by atoms with E-state index in [1.165, 1.54) is 44.5 Å². The zero-order valence-electron chi connectivity index (χ0n) is 50.5. The Kier molecular flexibility index (Phi) is 10.7. The molecule has 11 aromatic carbocycles. The summed E-state index contributed by atoms with van der Waals surface area (Å²) in [6.45, 7) is 13.1. The van der Waals surface area contributed by atoms with Gasteiger partial charge in [-0.05, 0) is 193 Å². The molecule has 90 heavy (non-hydrogen) atoms. The molecule has 0 amide bonds. The maximum Gasteiger partial charge on any atom is 0.252 e. The third-order valence-corrected chi connectivity index (χ3v) is 20.2. The van der Waals surface area contributed by atoms with E-state index in [0.717, 1.165) is 123 Å². The zero-order chi connectivity index (χ0) is 59.9. The highest BCUT2D eigenvalue weighted by Gasteiger charge is 2.48. The maximum atomic E-state index is 6.94. The summed E-state index contributed by atoms with van der Waals surface area (Å²) in [5.41, 5.74) is 28.2. The van der Waals surface area contributed by atoms with Gasteiger partial charge in [0.15, 0.2) is 23.0 Å². The predicted molar refractivity (Wildman–Crippen MR) is 364 cm³/mol. The Bertz CT molecular complexity index is 4890. The highest BCUT2D eigenvalue weighted by atomic mass is 16.6. The smallest absolute Gasteiger partial charge is 0.252 e. The number of hydrogen-bond donors (Lipinski definition) is 0. The number of fused-ring (bicyclic) bond motifs is 16. The molecule has 432 valence electrons. The Morgan fingerprint density at radius 1 is 0.367 bits per heavy atom. The van der Waals surface area contributed by atoms with Gasteiger partial charge in [0.25, 0.3) is 6.71 Å². The lowest BCUT2D eigenvalue weighted by molar-refractivity contribution is 0.172. The van der Waals surface area contributed by atoms with Crippen molar-refractivity contribution in [2.24, 2.45) is 0 Å². The monoisotopic (exact) mass is 1170 g/mol. The van der Waals surface area contributed by atoms with Crippen molar-refractivity contribution in [3.05, 3.63) is 246 Å². The van der Waals surface area contributed by atoms with Gasteiger partial charge in [-0.2, -0.15) is 0 Å². The number of ether oxygens (including phenoxy) is 4. The Hall–Kier alpha value is -10.6. The Morgan fingerprint density at radius 2 is 0.789 bits per heavy atom. The van der Waals surface area contributed by atoms with Crippen molar-refractivity contribution >= 4 is 79.2 Å². The quantitative estimate of drug-likeness (QED) is 0.153. The molecular weight excluding hydrogens is 1110 g/mol. The van der Waals surface area contributed by atoms with Crippen LogP contribution in [0.4, 0.5) is 34.1 Å². The van der Waals surface area contributed by atoms with Gasteiger partial charge in [0, 0.05) is 55.5 Å². The summed E-state index contributed by atoms with van der Waals surface area (Å²) < 4.78 is 40.7. The van der Waals surface area contributed by atoms with Crippen molar-refractivity contribution in [3.8, 4) is 90.2 Å². The molecule has 0 N–H and O–H groups in total. The molecule has 0 saturated carbocycles. The first kappa shape index (κ1) is 51.4. The highest BCUT2D eigenvalue weighted by molar-refractivity contribution is 7.00. The lowest BCUT2D eigenvalue weighted by atomic mass is 9.33. The lowest BCUT2D eigenvalue weighted by Crippen LogP contribution is -2.61. The van der Waals surface area contributed by atoms with E-state index in [9.17, 15) is 0 Å². The largest absolute Gasteiger partial charge is 0.486 e. The lowest BCUT2D eigenvalue weighted by Gasteiger charge is -2.45. The Labute approximate surface area is 522 Å². The van der Waals surface area contributed by atoms with Gasteiger partial charge in [0.1, 0.15) is 49.1 Å². The van der Waals surface area contributed by atoms with Crippen LogP contribution in [0.2, 0.25) is 0 Å². The molecular formula is C81H59BN2O6. The molecule has 0 bridgehead atoms. The third-order valence-electron chi connectivity index (χ3n) is 20.2. The predicted octanol–water partition coefficient (Wildman–Crippen LogP) is 18.4. The van der Waals surface area contributed by atoms with Gasteiger partial charge in [-0.1, -0.05) is 149 Å². The van der Waals surface area contributed by atoms with Crippen molar-refractivity contribution in [2.75, 3.05) is 36.2 Å². The summed E-state index contributed by atoms with van der Waals surface area (Å²) in [5.74, 6) is 4.42. The summed E-state index contributed by atoms with van der Waals surface area (Å²) in [6.07, 6.45) is 0. The second-order valence-corrected chi connectivity index (χ2v) is 26.1. The molecule has 6 heterocycles. The van der Waals surface area contributed by atoms with Gasteiger partial charge in [-0.15, -0.1) is 0 Å². The van der Waals surface area contributed by atoms with E-state index in [0.29, 0.717) is 49.4 Å². The van der Waals surface area contributed by atoms with Crippen molar-refractivity contribution in [2.45, 2.75) is 45.4 Å². The van der Waals surface area contributed by atoms with Crippen molar-refractivity contribution in [1.82, 2.24) is 0 Å². The number of nitrogens with zero attached hydrogens (tertiary/aromatic N) is 2. The standard InChI is InChI=1S/C81H59BN2O6/c1-46-34-67-75-68(35-46)84(56-39-52(37-54(41-56)74-45-50-15-7-13-21-70(50)90-74)48-23-25-60-58-17-9-11-19-62(58)81(4,5)64(60)43-48)77-66(27-29-72-79(77)88-33-31-86-72)82(75)65-26-28-71-78(87-32-30-85-71)76(65)83(67)55-38-51(36-53(40-55)73-44-49-14-6-12-20-69(49)89-73)47-22-24-59-57-16-8-10-18-61(57)80(2,3)63(59)42-47/h6-29,34-45H,30-33H2,1-5H3.